The minimum atomic E-state index is -0.342. The largest absolute Gasteiger partial charge is 0.316 e. The van der Waals surface area contributed by atoms with E-state index in [4.69, 9.17) is 11.6 Å². The topological polar surface area (TPSA) is 12.0 Å². The van der Waals surface area contributed by atoms with E-state index in [-0.39, 0.29) is 17.7 Å². The van der Waals surface area contributed by atoms with E-state index < -0.39 is 0 Å². The first-order chi connectivity index (χ1) is 9.99. The molecule has 0 aliphatic heterocycles. The first-order valence-corrected chi connectivity index (χ1v) is 7.23. The lowest BCUT2D eigenvalue weighted by molar-refractivity contribution is 0.550. The van der Waals surface area contributed by atoms with Gasteiger partial charge in [-0.1, -0.05) is 23.7 Å². The Morgan fingerprint density at radius 3 is 2.29 bits per heavy atom. The van der Waals surface area contributed by atoms with Crippen LogP contribution in [0.5, 0.6) is 0 Å². The van der Waals surface area contributed by atoms with E-state index in [0.717, 1.165) is 16.7 Å². The van der Waals surface area contributed by atoms with Crippen LogP contribution in [0.4, 0.5) is 8.78 Å². The predicted octanol–water partition coefficient (Wildman–Crippen LogP) is 4.30. The van der Waals surface area contributed by atoms with Crippen molar-refractivity contribution >= 4 is 11.6 Å². The van der Waals surface area contributed by atoms with Gasteiger partial charge in [-0.3, -0.25) is 0 Å². The van der Waals surface area contributed by atoms with E-state index >= 15 is 0 Å². The van der Waals surface area contributed by atoms with Gasteiger partial charge in [0.05, 0.1) is 0 Å². The van der Waals surface area contributed by atoms with Crippen molar-refractivity contribution in [1.29, 1.82) is 0 Å². The Morgan fingerprint density at radius 2 is 1.62 bits per heavy atom. The smallest absolute Gasteiger partial charge is 0.124 e. The van der Waals surface area contributed by atoms with Crippen molar-refractivity contribution in [2.75, 3.05) is 7.05 Å². The third-order valence-electron chi connectivity index (χ3n) is 3.67. The van der Waals surface area contributed by atoms with E-state index in [2.05, 4.69) is 5.32 Å². The average Bonchev–Trinajstić information content (AvgIpc) is 2.44. The van der Waals surface area contributed by atoms with Crippen LogP contribution in [0.1, 0.15) is 16.7 Å². The van der Waals surface area contributed by atoms with E-state index in [9.17, 15) is 8.78 Å². The van der Waals surface area contributed by atoms with Gasteiger partial charge in [0.25, 0.3) is 0 Å². The summed E-state index contributed by atoms with van der Waals surface area (Å²) in [5.74, 6) is -0.573. The molecule has 0 heterocycles. The van der Waals surface area contributed by atoms with Gasteiger partial charge < -0.3 is 5.32 Å². The molecule has 2 rings (SSSR count). The molecule has 21 heavy (non-hydrogen) atoms. The molecule has 0 aliphatic carbocycles. The molecule has 2 aromatic rings. The first kappa shape index (κ1) is 15.9. The van der Waals surface area contributed by atoms with Gasteiger partial charge in [0, 0.05) is 11.1 Å². The highest BCUT2D eigenvalue weighted by Gasteiger charge is 2.13. The summed E-state index contributed by atoms with van der Waals surface area (Å²) < 4.78 is 26.4. The molecule has 1 nitrogen and oxygen atoms in total. The Bertz CT molecular complexity index is 628. The lowest BCUT2D eigenvalue weighted by atomic mass is 9.96. The van der Waals surface area contributed by atoms with Crippen molar-refractivity contribution in [3.63, 3.8) is 0 Å². The van der Waals surface area contributed by atoms with Crippen molar-refractivity contribution in [3.8, 4) is 0 Å². The zero-order valence-electron chi connectivity index (χ0n) is 12.1. The van der Waals surface area contributed by atoms with Crippen molar-refractivity contribution in [1.82, 2.24) is 5.32 Å². The van der Waals surface area contributed by atoms with Crippen LogP contribution in [-0.4, -0.2) is 13.1 Å². The van der Waals surface area contributed by atoms with E-state index in [1.54, 1.807) is 18.2 Å². The predicted molar refractivity (Wildman–Crippen MR) is 82.8 cm³/mol. The van der Waals surface area contributed by atoms with Gasteiger partial charge in [-0.2, -0.15) is 0 Å². The number of halogens is 3. The second-order valence-electron chi connectivity index (χ2n) is 5.20. The second kappa shape index (κ2) is 7.01. The minimum absolute atomic E-state index is 0.105. The standard InChI is InChI=1S/C17H18ClF2N/c1-11-3-5-14(19)7-13(11)9-16(21-2)8-12-4-6-15(20)10-17(12)18/h3-7,10,16,21H,8-9H2,1-2H3. The van der Waals surface area contributed by atoms with Gasteiger partial charge in [-0.15, -0.1) is 0 Å². The van der Waals surface area contributed by atoms with E-state index in [1.807, 2.05) is 14.0 Å². The second-order valence-corrected chi connectivity index (χ2v) is 5.61. The van der Waals surface area contributed by atoms with Crippen LogP contribution in [0.3, 0.4) is 0 Å². The summed E-state index contributed by atoms with van der Waals surface area (Å²) in [5.41, 5.74) is 2.90. The lowest BCUT2D eigenvalue weighted by Gasteiger charge is -2.18. The quantitative estimate of drug-likeness (QED) is 0.868. The van der Waals surface area contributed by atoms with Gasteiger partial charge >= 0.3 is 0 Å². The van der Waals surface area contributed by atoms with Crippen LogP contribution in [0.25, 0.3) is 0 Å². The summed E-state index contributed by atoms with van der Waals surface area (Å²) in [5, 5.41) is 3.64. The van der Waals surface area contributed by atoms with Crippen molar-refractivity contribution in [2.24, 2.45) is 0 Å². The monoisotopic (exact) mass is 309 g/mol. The zero-order chi connectivity index (χ0) is 15.4. The van der Waals surface area contributed by atoms with Gasteiger partial charge in [0.15, 0.2) is 0 Å². The summed E-state index contributed by atoms with van der Waals surface area (Å²) in [4.78, 5) is 0. The Labute approximate surface area is 128 Å². The van der Waals surface area contributed by atoms with E-state index in [0.29, 0.717) is 17.9 Å². The molecule has 0 aromatic heterocycles. The molecule has 0 amide bonds. The fourth-order valence-corrected chi connectivity index (χ4v) is 2.60. The number of benzene rings is 2. The van der Waals surface area contributed by atoms with Crippen molar-refractivity contribution in [2.45, 2.75) is 25.8 Å². The molecule has 1 atom stereocenters. The third kappa shape index (κ3) is 4.26. The van der Waals surface area contributed by atoms with Crippen molar-refractivity contribution in [3.05, 3.63) is 69.7 Å². The maximum Gasteiger partial charge on any atom is 0.124 e. The van der Waals surface area contributed by atoms with Gasteiger partial charge in [-0.05, 0) is 67.8 Å². The molecule has 0 bridgehead atoms. The zero-order valence-corrected chi connectivity index (χ0v) is 12.8. The van der Waals surface area contributed by atoms with Crippen LogP contribution in [0.2, 0.25) is 5.02 Å². The molecule has 0 saturated heterocycles. The van der Waals surface area contributed by atoms with Gasteiger partial charge in [-0.25, -0.2) is 8.78 Å². The van der Waals surface area contributed by atoms with Crippen LogP contribution in [0, 0.1) is 18.6 Å². The average molecular weight is 310 g/mol. The fraction of sp³-hybridized carbons (Fsp3) is 0.294. The molecule has 4 heteroatoms. The fourth-order valence-electron chi connectivity index (χ4n) is 2.35. The summed E-state index contributed by atoms with van der Waals surface area (Å²) in [6, 6.07) is 9.32. The molecule has 0 saturated carbocycles. The molecule has 0 fully saturated rings. The normalized spacial score (nSPS) is 12.4. The van der Waals surface area contributed by atoms with Gasteiger partial charge in [0.2, 0.25) is 0 Å². The highest BCUT2D eigenvalue weighted by Crippen LogP contribution is 2.20. The molecule has 0 radical (unpaired) electrons. The van der Waals surface area contributed by atoms with Crippen LogP contribution in [0.15, 0.2) is 36.4 Å². The number of nitrogens with one attached hydrogen (secondary N) is 1. The third-order valence-corrected chi connectivity index (χ3v) is 4.02. The molecule has 1 unspecified atom stereocenters. The molecule has 0 spiro atoms. The minimum Gasteiger partial charge on any atom is -0.316 e. The maximum atomic E-state index is 13.4. The molecular formula is C17H18ClF2N. The summed E-state index contributed by atoms with van der Waals surface area (Å²) in [7, 11) is 1.86. The van der Waals surface area contributed by atoms with Crippen LogP contribution in [-0.2, 0) is 12.8 Å². The van der Waals surface area contributed by atoms with Crippen LogP contribution < -0.4 is 5.32 Å². The van der Waals surface area contributed by atoms with Crippen LogP contribution >= 0.6 is 11.6 Å². The summed E-state index contributed by atoms with van der Waals surface area (Å²) in [6.45, 7) is 1.96. The number of hydrogen-bond donors (Lipinski definition) is 1. The molecule has 1 N–H and O–H groups in total. The van der Waals surface area contributed by atoms with E-state index in [1.165, 1.54) is 18.2 Å². The lowest BCUT2D eigenvalue weighted by Crippen LogP contribution is -2.30. The molecule has 2 aromatic carbocycles. The first-order valence-electron chi connectivity index (χ1n) is 6.86. The number of rotatable bonds is 5. The Hall–Kier alpha value is -1.45. The Kier molecular flexibility index (Phi) is 5.32. The Morgan fingerprint density at radius 1 is 1.00 bits per heavy atom. The maximum absolute atomic E-state index is 13.4. The highest BCUT2D eigenvalue weighted by atomic mass is 35.5. The molecule has 0 aliphatic rings. The molecular weight excluding hydrogens is 292 g/mol. The van der Waals surface area contributed by atoms with Crippen molar-refractivity contribution < 1.29 is 8.78 Å². The van der Waals surface area contributed by atoms with Gasteiger partial charge in [0.1, 0.15) is 11.6 Å². The number of likely N-dealkylation sites (N-methyl/N-ethyl adjacent to an activating group) is 1. The summed E-state index contributed by atoms with van der Waals surface area (Å²) >= 11 is 6.06. The SMILES string of the molecule is CNC(Cc1cc(F)ccc1C)Cc1ccc(F)cc1Cl. The number of hydrogen-bond acceptors (Lipinski definition) is 1. The number of aryl methyl sites for hydroxylation is 1. The Balaban J connectivity index is 2.14. The highest BCUT2D eigenvalue weighted by molar-refractivity contribution is 6.31. The summed E-state index contributed by atoms with van der Waals surface area (Å²) in [6.07, 6.45) is 1.35. The molecule has 112 valence electrons.